The number of benzene rings is 1. The molecule has 0 aliphatic carbocycles. The summed E-state index contributed by atoms with van der Waals surface area (Å²) in [5, 5.41) is 0.546. The second kappa shape index (κ2) is 5.37. The smallest absolute Gasteiger partial charge is 0.224 e. The van der Waals surface area contributed by atoms with Crippen LogP contribution in [-0.2, 0) is 11.3 Å². The molecule has 2 aromatic rings. The summed E-state index contributed by atoms with van der Waals surface area (Å²) in [4.78, 5) is 8.29. The zero-order chi connectivity index (χ0) is 13.4. The molecular formula is C13H9BrCl2N2O. The van der Waals surface area contributed by atoms with Crippen molar-refractivity contribution < 1.29 is 4.74 Å². The number of halogens is 3. The Morgan fingerprint density at radius 1 is 1.16 bits per heavy atom. The molecule has 1 atom stereocenters. The monoisotopic (exact) mass is 358 g/mol. The van der Waals surface area contributed by atoms with Gasteiger partial charge in [-0.3, -0.25) is 0 Å². The van der Waals surface area contributed by atoms with Crippen molar-refractivity contribution in [1.29, 1.82) is 0 Å². The molecule has 3 nitrogen and oxygen atoms in total. The second-order valence-electron chi connectivity index (χ2n) is 4.27. The predicted molar refractivity (Wildman–Crippen MR) is 77.7 cm³/mol. The van der Waals surface area contributed by atoms with E-state index in [0.717, 1.165) is 21.3 Å². The number of ether oxygens (including phenoxy) is 1. The van der Waals surface area contributed by atoms with Gasteiger partial charge in [0.2, 0.25) is 5.28 Å². The minimum Gasteiger partial charge on any atom is -0.376 e. The summed E-state index contributed by atoms with van der Waals surface area (Å²) in [5.41, 5.74) is 2.80. The van der Waals surface area contributed by atoms with Gasteiger partial charge in [0, 0.05) is 10.0 Å². The Hall–Kier alpha value is -0.680. The molecule has 0 amide bonds. The average Bonchev–Trinajstić information content (AvgIpc) is 2.39. The summed E-state index contributed by atoms with van der Waals surface area (Å²) in [7, 11) is 0. The predicted octanol–water partition coefficient (Wildman–Crippen LogP) is 4.21. The summed E-state index contributed by atoms with van der Waals surface area (Å²) < 4.78 is 6.63. The van der Waals surface area contributed by atoms with Gasteiger partial charge in [-0.2, -0.15) is 0 Å². The first kappa shape index (κ1) is 13.3. The van der Waals surface area contributed by atoms with Crippen molar-refractivity contribution in [1.82, 2.24) is 9.97 Å². The highest BCUT2D eigenvalue weighted by Gasteiger charge is 2.27. The summed E-state index contributed by atoms with van der Waals surface area (Å²) in [6.07, 6.45) is 0. The van der Waals surface area contributed by atoms with E-state index in [-0.39, 0.29) is 11.2 Å². The highest BCUT2D eigenvalue weighted by Crippen LogP contribution is 2.34. The van der Waals surface area contributed by atoms with Crippen LogP contribution in [0.1, 0.15) is 22.7 Å². The molecule has 0 saturated carbocycles. The number of fused-ring (bicyclic) bond motifs is 1. The van der Waals surface area contributed by atoms with Crippen molar-refractivity contribution in [3.63, 3.8) is 0 Å². The van der Waals surface area contributed by atoms with Gasteiger partial charge in [0.15, 0.2) is 0 Å². The number of aromatic nitrogens is 2. The first-order valence-corrected chi connectivity index (χ1v) is 7.25. The standard InChI is InChI=1S/C13H9BrCl2N2O/c14-8-3-1-7(2-4-8)9-5-19-6-10-11(9)17-13(16)18-12(10)15/h1-4,9H,5-6H2. The Morgan fingerprint density at radius 3 is 2.63 bits per heavy atom. The topological polar surface area (TPSA) is 35.0 Å². The Kier molecular flexibility index (Phi) is 3.76. The summed E-state index contributed by atoms with van der Waals surface area (Å²) in [6, 6.07) is 8.07. The van der Waals surface area contributed by atoms with Gasteiger partial charge in [-0.05, 0) is 29.3 Å². The SMILES string of the molecule is Clc1nc(Cl)c2c(n1)C(c1ccc(Br)cc1)COC2. The maximum absolute atomic E-state index is 6.10. The van der Waals surface area contributed by atoms with Crippen LogP contribution in [0.25, 0.3) is 0 Å². The van der Waals surface area contributed by atoms with Gasteiger partial charge in [-0.1, -0.05) is 39.7 Å². The number of rotatable bonds is 1. The van der Waals surface area contributed by atoms with Crippen LogP contribution < -0.4 is 0 Å². The Bertz CT molecular complexity index is 619. The van der Waals surface area contributed by atoms with E-state index >= 15 is 0 Å². The van der Waals surface area contributed by atoms with Gasteiger partial charge in [-0.15, -0.1) is 0 Å². The van der Waals surface area contributed by atoms with Crippen LogP contribution >= 0.6 is 39.1 Å². The molecule has 2 heterocycles. The molecule has 0 radical (unpaired) electrons. The van der Waals surface area contributed by atoms with E-state index in [9.17, 15) is 0 Å². The highest BCUT2D eigenvalue weighted by atomic mass is 79.9. The fraction of sp³-hybridized carbons (Fsp3) is 0.231. The molecule has 1 aliphatic rings. The lowest BCUT2D eigenvalue weighted by Crippen LogP contribution is -2.20. The third kappa shape index (κ3) is 2.63. The molecule has 19 heavy (non-hydrogen) atoms. The lowest BCUT2D eigenvalue weighted by atomic mass is 9.92. The first-order valence-electron chi connectivity index (χ1n) is 5.70. The van der Waals surface area contributed by atoms with E-state index < -0.39 is 0 Å². The fourth-order valence-electron chi connectivity index (χ4n) is 2.17. The van der Waals surface area contributed by atoms with Crippen LogP contribution in [-0.4, -0.2) is 16.6 Å². The van der Waals surface area contributed by atoms with Crippen molar-refractivity contribution in [2.75, 3.05) is 6.61 Å². The first-order chi connectivity index (χ1) is 9.15. The third-order valence-corrected chi connectivity index (χ3v) is 4.11. The quantitative estimate of drug-likeness (QED) is 0.565. The van der Waals surface area contributed by atoms with E-state index in [1.54, 1.807) is 0 Å². The zero-order valence-corrected chi connectivity index (χ0v) is 12.8. The van der Waals surface area contributed by atoms with E-state index in [2.05, 4.69) is 25.9 Å². The van der Waals surface area contributed by atoms with Gasteiger partial charge in [0.25, 0.3) is 0 Å². The van der Waals surface area contributed by atoms with Crippen LogP contribution in [0.15, 0.2) is 28.7 Å². The molecule has 6 heteroatoms. The molecule has 0 N–H and O–H groups in total. The largest absolute Gasteiger partial charge is 0.376 e. The number of nitrogens with zero attached hydrogens (tertiary/aromatic N) is 2. The van der Waals surface area contributed by atoms with Crippen molar-refractivity contribution in [2.45, 2.75) is 12.5 Å². The molecule has 0 saturated heterocycles. The molecule has 98 valence electrons. The van der Waals surface area contributed by atoms with Crippen LogP contribution in [0.5, 0.6) is 0 Å². The summed E-state index contributed by atoms with van der Waals surface area (Å²) >= 11 is 15.4. The van der Waals surface area contributed by atoms with Crippen molar-refractivity contribution >= 4 is 39.1 Å². The van der Waals surface area contributed by atoms with E-state index in [0.29, 0.717) is 18.4 Å². The third-order valence-electron chi connectivity index (χ3n) is 3.09. The summed E-state index contributed by atoms with van der Waals surface area (Å²) in [5.74, 6) is 0.0369. The van der Waals surface area contributed by atoms with Gasteiger partial charge in [-0.25, -0.2) is 9.97 Å². The van der Waals surface area contributed by atoms with Crippen LogP contribution in [0, 0.1) is 0 Å². The fourth-order valence-corrected chi connectivity index (χ4v) is 2.89. The Morgan fingerprint density at radius 2 is 1.89 bits per heavy atom. The van der Waals surface area contributed by atoms with Gasteiger partial charge in [0.1, 0.15) is 5.15 Å². The minimum absolute atomic E-state index is 0.0369. The minimum atomic E-state index is 0.0369. The molecule has 0 spiro atoms. The lowest BCUT2D eigenvalue weighted by Gasteiger charge is -2.25. The van der Waals surface area contributed by atoms with E-state index in [1.165, 1.54) is 0 Å². The van der Waals surface area contributed by atoms with Crippen molar-refractivity contribution in [3.05, 3.63) is 56.0 Å². The van der Waals surface area contributed by atoms with Gasteiger partial charge >= 0.3 is 0 Å². The molecule has 3 rings (SSSR count). The van der Waals surface area contributed by atoms with Crippen LogP contribution in [0.3, 0.4) is 0 Å². The summed E-state index contributed by atoms with van der Waals surface area (Å²) in [6.45, 7) is 0.997. The number of hydrogen-bond acceptors (Lipinski definition) is 3. The Balaban J connectivity index is 2.09. The molecule has 1 aliphatic heterocycles. The molecule has 1 unspecified atom stereocenters. The van der Waals surface area contributed by atoms with Crippen LogP contribution in [0.4, 0.5) is 0 Å². The van der Waals surface area contributed by atoms with E-state index in [4.69, 9.17) is 27.9 Å². The molecule has 0 fully saturated rings. The van der Waals surface area contributed by atoms with Gasteiger partial charge in [0.05, 0.1) is 24.8 Å². The van der Waals surface area contributed by atoms with Crippen molar-refractivity contribution in [3.8, 4) is 0 Å². The second-order valence-corrected chi connectivity index (χ2v) is 5.88. The van der Waals surface area contributed by atoms with Crippen molar-refractivity contribution in [2.24, 2.45) is 0 Å². The average molecular weight is 360 g/mol. The lowest BCUT2D eigenvalue weighted by molar-refractivity contribution is 0.0973. The molecule has 1 aromatic heterocycles. The normalized spacial score (nSPS) is 18.2. The van der Waals surface area contributed by atoms with Gasteiger partial charge < -0.3 is 4.74 Å². The molecule has 1 aromatic carbocycles. The van der Waals surface area contributed by atoms with E-state index in [1.807, 2.05) is 24.3 Å². The maximum atomic E-state index is 6.10. The number of hydrogen-bond donors (Lipinski definition) is 0. The highest BCUT2D eigenvalue weighted by molar-refractivity contribution is 9.10. The Labute approximate surface area is 129 Å². The molecule has 0 bridgehead atoms. The molecular weight excluding hydrogens is 351 g/mol. The van der Waals surface area contributed by atoms with Crippen LogP contribution in [0.2, 0.25) is 10.4 Å². The maximum Gasteiger partial charge on any atom is 0.224 e. The zero-order valence-electron chi connectivity index (χ0n) is 9.74.